The predicted molar refractivity (Wildman–Crippen MR) is 65.4 cm³/mol. The number of amides is 1. The summed E-state index contributed by atoms with van der Waals surface area (Å²) in [5.41, 5.74) is -0.972. The van der Waals surface area contributed by atoms with Gasteiger partial charge in [-0.25, -0.2) is 4.79 Å². The van der Waals surface area contributed by atoms with Gasteiger partial charge in [0, 0.05) is 14.1 Å². The SMILES string of the molecule is CN(C)C(=O)Cn1c(=O)[nH]c(=O)c2ccsc21. The molecule has 0 saturated heterocycles. The summed E-state index contributed by atoms with van der Waals surface area (Å²) in [7, 11) is 3.23. The molecule has 0 saturated carbocycles. The van der Waals surface area contributed by atoms with Crippen LogP contribution in [0.1, 0.15) is 0 Å². The van der Waals surface area contributed by atoms with Crippen LogP contribution in [0.5, 0.6) is 0 Å². The number of likely N-dealkylation sites (N-methyl/N-ethyl adjacent to an activating group) is 1. The number of H-pyrrole nitrogens is 1. The number of rotatable bonds is 2. The van der Waals surface area contributed by atoms with E-state index in [1.165, 1.54) is 20.8 Å². The van der Waals surface area contributed by atoms with Crippen molar-refractivity contribution in [1.82, 2.24) is 14.5 Å². The van der Waals surface area contributed by atoms with E-state index in [0.717, 1.165) is 0 Å². The van der Waals surface area contributed by atoms with Crippen molar-refractivity contribution >= 4 is 27.5 Å². The molecule has 0 spiro atoms. The normalized spacial score (nSPS) is 10.7. The first kappa shape index (κ1) is 11.6. The number of aromatic nitrogens is 2. The average Bonchev–Trinajstić information content (AvgIpc) is 2.72. The number of nitrogens with zero attached hydrogens (tertiary/aromatic N) is 2. The zero-order valence-corrected chi connectivity index (χ0v) is 10.2. The summed E-state index contributed by atoms with van der Waals surface area (Å²) in [5.74, 6) is -0.200. The molecule has 1 amide bonds. The van der Waals surface area contributed by atoms with Crippen LogP contribution >= 0.6 is 11.3 Å². The lowest BCUT2D eigenvalue weighted by atomic mass is 10.4. The summed E-state index contributed by atoms with van der Waals surface area (Å²) in [5, 5.41) is 2.15. The number of hydrogen-bond acceptors (Lipinski definition) is 4. The van der Waals surface area contributed by atoms with Gasteiger partial charge in [-0.1, -0.05) is 0 Å². The van der Waals surface area contributed by atoms with Crippen molar-refractivity contribution in [3.63, 3.8) is 0 Å². The predicted octanol–water partition coefficient (Wildman–Crippen LogP) is -0.161. The molecule has 0 aromatic carbocycles. The number of fused-ring (bicyclic) bond motifs is 1. The number of nitrogens with one attached hydrogen (secondary N) is 1. The molecule has 6 nitrogen and oxygen atoms in total. The number of aromatic amines is 1. The van der Waals surface area contributed by atoms with Crippen molar-refractivity contribution in [2.24, 2.45) is 0 Å². The Morgan fingerprint density at radius 1 is 1.47 bits per heavy atom. The van der Waals surface area contributed by atoms with E-state index in [2.05, 4.69) is 4.98 Å². The first-order chi connectivity index (χ1) is 8.00. The van der Waals surface area contributed by atoms with Crippen LogP contribution < -0.4 is 11.2 Å². The fourth-order valence-corrected chi connectivity index (χ4v) is 2.32. The quantitative estimate of drug-likeness (QED) is 0.808. The molecular formula is C10H11N3O3S. The Morgan fingerprint density at radius 3 is 2.82 bits per heavy atom. The second-order valence-electron chi connectivity index (χ2n) is 3.77. The lowest BCUT2D eigenvalue weighted by Gasteiger charge is -2.11. The van der Waals surface area contributed by atoms with Gasteiger partial charge in [0.25, 0.3) is 5.56 Å². The maximum absolute atomic E-state index is 11.7. The monoisotopic (exact) mass is 253 g/mol. The Balaban J connectivity index is 2.61. The Kier molecular flexibility index (Phi) is 2.84. The van der Waals surface area contributed by atoms with Gasteiger partial charge in [-0.05, 0) is 11.4 Å². The van der Waals surface area contributed by atoms with Crippen molar-refractivity contribution in [2.45, 2.75) is 6.54 Å². The fourth-order valence-electron chi connectivity index (χ4n) is 1.43. The lowest BCUT2D eigenvalue weighted by Crippen LogP contribution is -2.35. The molecule has 0 aliphatic heterocycles. The molecule has 0 radical (unpaired) electrons. The molecule has 0 bridgehead atoms. The number of carbonyl (C=O) groups is 1. The minimum absolute atomic E-state index is 0.0698. The highest BCUT2D eigenvalue weighted by atomic mass is 32.1. The molecule has 0 fully saturated rings. The molecule has 0 aliphatic rings. The van der Waals surface area contributed by atoms with E-state index in [-0.39, 0.29) is 12.5 Å². The van der Waals surface area contributed by atoms with E-state index in [9.17, 15) is 14.4 Å². The fraction of sp³-hybridized carbons (Fsp3) is 0.300. The molecule has 0 unspecified atom stereocenters. The number of carbonyl (C=O) groups excluding carboxylic acids is 1. The highest BCUT2D eigenvalue weighted by Crippen LogP contribution is 2.14. The van der Waals surface area contributed by atoms with Gasteiger partial charge >= 0.3 is 5.69 Å². The maximum atomic E-state index is 11.7. The van der Waals surface area contributed by atoms with Gasteiger partial charge in [0.2, 0.25) is 5.91 Å². The Hall–Kier alpha value is -1.89. The van der Waals surface area contributed by atoms with Crippen LogP contribution in [-0.4, -0.2) is 34.5 Å². The highest BCUT2D eigenvalue weighted by Gasteiger charge is 2.12. The minimum atomic E-state index is -0.555. The summed E-state index contributed by atoms with van der Waals surface area (Å²) >= 11 is 1.27. The molecule has 0 aliphatic carbocycles. The Bertz CT molecular complexity index is 680. The smallest absolute Gasteiger partial charge is 0.329 e. The Morgan fingerprint density at radius 2 is 2.18 bits per heavy atom. The van der Waals surface area contributed by atoms with Crippen LogP contribution in [0, 0.1) is 0 Å². The molecular weight excluding hydrogens is 242 g/mol. The van der Waals surface area contributed by atoms with Gasteiger partial charge in [-0.3, -0.25) is 19.1 Å². The Labute approximate surface area is 100 Å². The molecule has 2 heterocycles. The van der Waals surface area contributed by atoms with Crippen molar-refractivity contribution in [3.8, 4) is 0 Å². The number of hydrogen-bond donors (Lipinski definition) is 1. The van der Waals surface area contributed by atoms with Crippen LogP contribution in [0.2, 0.25) is 0 Å². The van der Waals surface area contributed by atoms with Crippen LogP contribution in [0.3, 0.4) is 0 Å². The standard InChI is InChI=1S/C10H11N3O3S/c1-12(2)7(14)5-13-9-6(3-4-17-9)8(15)11-10(13)16/h3-4H,5H2,1-2H3,(H,11,15,16). The van der Waals surface area contributed by atoms with Gasteiger partial charge in [-0.2, -0.15) is 0 Å². The largest absolute Gasteiger partial charge is 0.347 e. The van der Waals surface area contributed by atoms with Crippen LogP contribution in [0.25, 0.3) is 10.2 Å². The number of thiophene rings is 1. The van der Waals surface area contributed by atoms with Crippen molar-refractivity contribution in [2.75, 3.05) is 14.1 Å². The van der Waals surface area contributed by atoms with Crippen LogP contribution in [-0.2, 0) is 11.3 Å². The van der Waals surface area contributed by atoms with E-state index in [0.29, 0.717) is 10.2 Å². The summed E-state index contributed by atoms with van der Waals surface area (Å²) in [6.07, 6.45) is 0. The first-order valence-electron chi connectivity index (χ1n) is 4.91. The van der Waals surface area contributed by atoms with Crippen LogP contribution in [0.15, 0.2) is 21.0 Å². The third-order valence-corrected chi connectivity index (χ3v) is 3.33. The molecule has 2 rings (SSSR count). The summed E-state index contributed by atoms with van der Waals surface area (Å²) in [4.78, 5) is 38.8. The molecule has 7 heteroatoms. The summed E-state index contributed by atoms with van der Waals surface area (Å²) < 4.78 is 1.28. The topological polar surface area (TPSA) is 75.2 Å². The molecule has 2 aromatic rings. The van der Waals surface area contributed by atoms with Gasteiger partial charge in [0.1, 0.15) is 11.4 Å². The third-order valence-electron chi connectivity index (χ3n) is 2.39. The maximum Gasteiger partial charge on any atom is 0.329 e. The van der Waals surface area contributed by atoms with E-state index in [4.69, 9.17) is 0 Å². The van der Waals surface area contributed by atoms with E-state index < -0.39 is 11.2 Å². The van der Waals surface area contributed by atoms with Crippen molar-refractivity contribution < 1.29 is 4.79 Å². The van der Waals surface area contributed by atoms with Gasteiger partial charge in [0.05, 0.1) is 5.39 Å². The minimum Gasteiger partial charge on any atom is -0.347 e. The molecule has 2 aromatic heterocycles. The molecule has 90 valence electrons. The summed E-state index contributed by atoms with van der Waals surface area (Å²) in [6.45, 7) is -0.0698. The molecule has 0 atom stereocenters. The van der Waals surface area contributed by atoms with Gasteiger partial charge in [-0.15, -0.1) is 11.3 Å². The molecule has 17 heavy (non-hydrogen) atoms. The van der Waals surface area contributed by atoms with Gasteiger partial charge in [0.15, 0.2) is 0 Å². The van der Waals surface area contributed by atoms with E-state index in [1.807, 2.05) is 0 Å². The molecule has 1 N–H and O–H groups in total. The van der Waals surface area contributed by atoms with E-state index >= 15 is 0 Å². The van der Waals surface area contributed by atoms with Crippen molar-refractivity contribution in [1.29, 1.82) is 0 Å². The average molecular weight is 253 g/mol. The van der Waals surface area contributed by atoms with Crippen molar-refractivity contribution in [3.05, 3.63) is 32.3 Å². The second-order valence-corrected chi connectivity index (χ2v) is 4.67. The van der Waals surface area contributed by atoms with Gasteiger partial charge < -0.3 is 4.90 Å². The highest BCUT2D eigenvalue weighted by molar-refractivity contribution is 7.16. The third kappa shape index (κ3) is 2.01. The zero-order valence-electron chi connectivity index (χ0n) is 9.39. The second kappa shape index (κ2) is 4.17. The lowest BCUT2D eigenvalue weighted by molar-refractivity contribution is -0.129. The van der Waals surface area contributed by atoms with E-state index in [1.54, 1.807) is 25.5 Å². The zero-order chi connectivity index (χ0) is 12.6. The summed E-state index contributed by atoms with van der Waals surface area (Å²) in [6, 6.07) is 1.63. The van der Waals surface area contributed by atoms with Crippen LogP contribution in [0.4, 0.5) is 0 Å². The first-order valence-corrected chi connectivity index (χ1v) is 5.79.